The summed E-state index contributed by atoms with van der Waals surface area (Å²) in [6.45, 7) is 3.35. The van der Waals surface area contributed by atoms with E-state index in [9.17, 15) is 22.8 Å². The highest BCUT2D eigenvalue weighted by Gasteiger charge is 2.31. The van der Waals surface area contributed by atoms with E-state index in [1.807, 2.05) is 0 Å². The number of rotatable bonds is 6. The molecule has 0 aliphatic carbocycles. The Morgan fingerprint density at radius 2 is 1.95 bits per heavy atom. The van der Waals surface area contributed by atoms with E-state index in [1.54, 1.807) is 13.8 Å². The second kappa shape index (κ2) is 7.15. The van der Waals surface area contributed by atoms with E-state index >= 15 is 0 Å². The Kier molecular flexibility index (Phi) is 5.78. The van der Waals surface area contributed by atoms with E-state index < -0.39 is 24.0 Å². The van der Waals surface area contributed by atoms with Gasteiger partial charge in [-0.3, -0.25) is 9.59 Å². The van der Waals surface area contributed by atoms with Crippen LogP contribution in [0.5, 0.6) is 5.75 Å². The molecule has 0 spiro atoms. The summed E-state index contributed by atoms with van der Waals surface area (Å²) in [7, 11) is 0. The lowest BCUT2D eigenvalue weighted by molar-refractivity contribution is -0.274. The molecular weight excluding hydrogens is 303 g/mol. The lowest BCUT2D eigenvalue weighted by atomic mass is 10.1. The number of carboxylic acids is 1. The summed E-state index contributed by atoms with van der Waals surface area (Å²) in [6.07, 6.45) is -5.09. The Morgan fingerprint density at radius 3 is 2.45 bits per heavy atom. The van der Waals surface area contributed by atoms with Gasteiger partial charge in [0.25, 0.3) is 5.91 Å². The fraction of sp³-hybridized carbons (Fsp3) is 0.429. The molecule has 0 heterocycles. The molecule has 22 heavy (non-hydrogen) atoms. The van der Waals surface area contributed by atoms with E-state index in [0.29, 0.717) is 0 Å². The van der Waals surface area contributed by atoms with Crippen molar-refractivity contribution in [2.75, 3.05) is 6.54 Å². The van der Waals surface area contributed by atoms with Crippen LogP contribution in [0.2, 0.25) is 0 Å². The van der Waals surface area contributed by atoms with Gasteiger partial charge in [-0.25, -0.2) is 0 Å². The first-order valence-corrected chi connectivity index (χ1v) is 6.48. The highest BCUT2D eigenvalue weighted by Crippen LogP contribution is 2.24. The second-order valence-corrected chi connectivity index (χ2v) is 4.81. The third kappa shape index (κ3) is 5.63. The van der Waals surface area contributed by atoms with Gasteiger partial charge in [0.1, 0.15) is 5.75 Å². The minimum atomic E-state index is -4.84. The Balaban J connectivity index is 2.94. The third-order valence-electron chi connectivity index (χ3n) is 2.77. The molecule has 0 radical (unpaired) electrons. The Bertz CT molecular complexity index is 543. The number of ether oxygens (including phenoxy) is 1. The molecule has 122 valence electrons. The van der Waals surface area contributed by atoms with Crippen molar-refractivity contribution >= 4 is 11.9 Å². The van der Waals surface area contributed by atoms with Gasteiger partial charge in [0.15, 0.2) is 0 Å². The van der Waals surface area contributed by atoms with Crippen molar-refractivity contribution in [3.05, 3.63) is 29.8 Å². The molecule has 0 aliphatic heterocycles. The van der Waals surface area contributed by atoms with Gasteiger partial charge >= 0.3 is 12.3 Å². The van der Waals surface area contributed by atoms with E-state index in [2.05, 4.69) is 4.74 Å². The summed E-state index contributed by atoms with van der Waals surface area (Å²) < 4.78 is 40.3. The van der Waals surface area contributed by atoms with Crippen LogP contribution in [0.15, 0.2) is 24.3 Å². The van der Waals surface area contributed by atoms with Gasteiger partial charge in [-0.1, -0.05) is 6.07 Å². The Labute approximate surface area is 125 Å². The largest absolute Gasteiger partial charge is 0.573 e. The topological polar surface area (TPSA) is 66.8 Å². The Hall–Kier alpha value is -2.25. The van der Waals surface area contributed by atoms with Crippen molar-refractivity contribution in [1.82, 2.24) is 4.90 Å². The zero-order valence-corrected chi connectivity index (χ0v) is 12.1. The van der Waals surface area contributed by atoms with Crippen LogP contribution in [0, 0.1) is 0 Å². The summed E-state index contributed by atoms with van der Waals surface area (Å²) in [5, 5.41) is 8.69. The third-order valence-corrected chi connectivity index (χ3v) is 2.77. The molecule has 1 aromatic rings. The number of alkyl halides is 3. The Morgan fingerprint density at radius 1 is 1.32 bits per heavy atom. The van der Waals surface area contributed by atoms with Crippen LogP contribution in [0.1, 0.15) is 30.6 Å². The number of aliphatic carboxylic acids is 1. The molecule has 1 rings (SSSR count). The van der Waals surface area contributed by atoms with E-state index in [1.165, 1.54) is 17.0 Å². The van der Waals surface area contributed by atoms with Crippen LogP contribution < -0.4 is 4.74 Å². The molecular formula is C14H16F3NO4. The van der Waals surface area contributed by atoms with Crippen LogP contribution in [-0.4, -0.2) is 40.8 Å². The highest BCUT2D eigenvalue weighted by molar-refractivity contribution is 5.95. The summed E-state index contributed by atoms with van der Waals surface area (Å²) in [5.41, 5.74) is 0.000777. The van der Waals surface area contributed by atoms with Crippen molar-refractivity contribution in [2.24, 2.45) is 0 Å². The molecule has 8 heteroatoms. The van der Waals surface area contributed by atoms with Crippen LogP contribution in [0.4, 0.5) is 13.2 Å². The van der Waals surface area contributed by atoms with Gasteiger partial charge in [-0.05, 0) is 32.0 Å². The molecule has 1 aromatic carbocycles. The first kappa shape index (κ1) is 17.8. The average Bonchev–Trinajstić information content (AvgIpc) is 2.36. The normalized spacial score (nSPS) is 11.4. The maximum atomic E-state index is 12.3. The predicted molar refractivity (Wildman–Crippen MR) is 71.6 cm³/mol. The maximum Gasteiger partial charge on any atom is 0.573 e. The summed E-state index contributed by atoms with van der Waals surface area (Å²) in [4.78, 5) is 24.2. The molecule has 1 amide bonds. The maximum absolute atomic E-state index is 12.3. The van der Waals surface area contributed by atoms with Crippen LogP contribution in [-0.2, 0) is 4.79 Å². The number of benzene rings is 1. The lowest BCUT2D eigenvalue weighted by Gasteiger charge is -2.26. The van der Waals surface area contributed by atoms with Crippen molar-refractivity contribution in [3.8, 4) is 5.75 Å². The molecule has 5 nitrogen and oxygen atoms in total. The SMILES string of the molecule is CC(C)N(CCC(=O)O)C(=O)c1cccc(OC(F)(F)F)c1. The number of carbonyl (C=O) groups is 2. The van der Waals surface area contributed by atoms with Gasteiger partial charge in [0.05, 0.1) is 6.42 Å². The molecule has 0 unspecified atom stereocenters. The van der Waals surface area contributed by atoms with Gasteiger partial charge in [-0.2, -0.15) is 0 Å². The zero-order valence-electron chi connectivity index (χ0n) is 12.1. The zero-order chi connectivity index (χ0) is 16.9. The molecule has 0 aliphatic rings. The van der Waals surface area contributed by atoms with Crippen LogP contribution in [0.3, 0.4) is 0 Å². The minimum Gasteiger partial charge on any atom is -0.481 e. The van der Waals surface area contributed by atoms with Gasteiger partial charge in [-0.15, -0.1) is 13.2 Å². The van der Waals surface area contributed by atoms with Gasteiger partial charge in [0, 0.05) is 18.2 Å². The first-order valence-electron chi connectivity index (χ1n) is 6.48. The predicted octanol–water partition coefficient (Wildman–Crippen LogP) is 2.91. The molecule has 0 saturated carbocycles. The summed E-state index contributed by atoms with van der Waals surface area (Å²) >= 11 is 0. The fourth-order valence-electron chi connectivity index (χ4n) is 1.80. The van der Waals surface area contributed by atoms with E-state index in [-0.39, 0.29) is 24.6 Å². The van der Waals surface area contributed by atoms with Gasteiger partial charge < -0.3 is 14.7 Å². The number of halogens is 3. The average molecular weight is 319 g/mol. The highest BCUT2D eigenvalue weighted by atomic mass is 19.4. The van der Waals surface area contributed by atoms with Crippen LogP contribution >= 0.6 is 0 Å². The van der Waals surface area contributed by atoms with Crippen molar-refractivity contribution in [3.63, 3.8) is 0 Å². The minimum absolute atomic E-state index is 0.000777. The number of nitrogens with zero attached hydrogens (tertiary/aromatic N) is 1. The summed E-state index contributed by atoms with van der Waals surface area (Å²) in [5.74, 6) is -2.11. The monoisotopic (exact) mass is 319 g/mol. The fourth-order valence-corrected chi connectivity index (χ4v) is 1.80. The van der Waals surface area contributed by atoms with Crippen molar-refractivity contribution in [2.45, 2.75) is 32.7 Å². The number of carbonyl (C=O) groups excluding carboxylic acids is 1. The number of hydrogen-bond acceptors (Lipinski definition) is 3. The molecule has 0 saturated heterocycles. The van der Waals surface area contributed by atoms with Crippen LogP contribution in [0.25, 0.3) is 0 Å². The molecule has 0 bridgehead atoms. The van der Waals surface area contributed by atoms with E-state index in [4.69, 9.17) is 5.11 Å². The molecule has 0 aromatic heterocycles. The smallest absolute Gasteiger partial charge is 0.481 e. The second-order valence-electron chi connectivity index (χ2n) is 4.81. The van der Waals surface area contributed by atoms with E-state index in [0.717, 1.165) is 12.1 Å². The molecule has 0 atom stereocenters. The molecule has 0 fully saturated rings. The number of hydrogen-bond donors (Lipinski definition) is 1. The quantitative estimate of drug-likeness (QED) is 0.875. The standard InChI is InChI=1S/C14H16F3NO4/c1-9(2)18(7-6-12(19)20)13(21)10-4-3-5-11(8-10)22-14(15,16)17/h3-5,8-9H,6-7H2,1-2H3,(H,19,20). The van der Waals surface area contributed by atoms with Crippen molar-refractivity contribution < 1.29 is 32.6 Å². The summed E-state index contributed by atoms with van der Waals surface area (Å²) in [6, 6.07) is 4.39. The van der Waals surface area contributed by atoms with Crippen molar-refractivity contribution in [1.29, 1.82) is 0 Å². The lowest BCUT2D eigenvalue weighted by Crippen LogP contribution is -2.38. The first-order chi connectivity index (χ1) is 10.1. The van der Waals surface area contributed by atoms with Gasteiger partial charge in [0.2, 0.25) is 0 Å². The number of carboxylic acid groups (broad SMARTS) is 1. The number of amides is 1. The molecule has 1 N–H and O–H groups in total.